The number of carboxylic acid groups (broad SMARTS) is 1. The predicted octanol–water partition coefficient (Wildman–Crippen LogP) is 10.4. The molecule has 0 saturated carbocycles. The lowest BCUT2D eigenvalue weighted by molar-refractivity contribution is -0.134. The Balaban J connectivity index is -0.0000000350. The van der Waals surface area contributed by atoms with Gasteiger partial charge in [-0.25, -0.2) is 0 Å². The molecule has 0 amide bonds. The Morgan fingerprint density at radius 1 is 0.595 bits per heavy atom. The number of rotatable bonds is 10. The first-order valence-electron chi connectivity index (χ1n) is 15.7. The van der Waals surface area contributed by atoms with E-state index in [1.807, 2.05) is 53.7 Å². The molecule has 0 aromatic heterocycles. The fourth-order valence-corrected chi connectivity index (χ4v) is 1.33. The van der Waals surface area contributed by atoms with Gasteiger partial charge in [0.15, 0.2) is 0 Å². The summed E-state index contributed by atoms with van der Waals surface area (Å²) in [4.78, 5) is 11.0. The first-order chi connectivity index (χ1) is 17.5. The van der Waals surface area contributed by atoms with Crippen LogP contribution in [0.15, 0.2) is 0 Å². The van der Waals surface area contributed by atoms with Crippen LogP contribution < -0.4 is 5.73 Å². The molecule has 5 heteroatoms. The third-order valence-electron chi connectivity index (χ3n) is 2.96. The minimum Gasteiger partial charge on any atom is -0.481 e. The second-order valence-electron chi connectivity index (χ2n) is 8.20. The molecule has 0 atom stereocenters. The molecule has 0 spiro atoms. The van der Waals surface area contributed by atoms with E-state index >= 15 is 0 Å². The molecule has 0 aromatic rings. The van der Waals surface area contributed by atoms with Gasteiger partial charge in [0.2, 0.25) is 0 Å². The molecule has 5 nitrogen and oxygen atoms in total. The summed E-state index contributed by atoms with van der Waals surface area (Å²) < 4.78 is 0. The van der Waals surface area contributed by atoms with Crippen molar-refractivity contribution < 1.29 is 15.0 Å². The number of aliphatic hydroxyl groups is 1. The van der Waals surface area contributed by atoms with Crippen molar-refractivity contribution in [2.24, 2.45) is 5.73 Å². The van der Waals surface area contributed by atoms with Gasteiger partial charge in [0, 0.05) is 13.5 Å². The number of carboxylic acids is 1. The Morgan fingerprint density at radius 3 is 0.838 bits per heavy atom. The summed E-state index contributed by atoms with van der Waals surface area (Å²) in [6.45, 7) is 27.6. The van der Waals surface area contributed by atoms with Crippen molar-refractivity contribution >= 4 is 5.97 Å². The molecule has 0 bridgehead atoms. The number of carbonyl (C=O) groups is 1. The van der Waals surface area contributed by atoms with Gasteiger partial charge < -0.3 is 20.8 Å². The molecule has 0 aliphatic rings. The van der Waals surface area contributed by atoms with E-state index in [4.69, 9.17) is 20.7 Å². The van der Waals surface area contributed by atoms with E-state index in [2.05, 4.69) is 55.4 Å². The standard InChI is InChI=1S/C7H16.C6H14.C4H10O.2C3H9N.C3H8.C2H4O2.2C2H6/c1-3-5-7-6-4-2;1-3-5-6-4-2;1-2-3-4-5;1-4(2)3;1-2-3-4;1-3-2;1-2(3)4;2*1-2/h3-7H2,1-2H3;3-6H2,1-2H3;5H,2-4H2,1H3;1-3H3;2-4H2,1H3;3H2,1-2H3;1H3,(H,3,4);2*1-2H3. The Bertz CT molecular complexity index is 221. The number of aliphatic carboxylic acids is 1. The lowest BCUT2D eigenvalue weighted by atomic mass is 10.2. The van der Waals surface area contributed by atoms with Gasteiger partial charge >= 0.3 is 0 Å². The molecule has 4 N–H and O–H groups in total. The smallest absolute Gasteiger partial charge is 0.300 e. The van der Waals surface area contributed by atoms with Gasteiger partial charge in [0.1, 0.15) is 0 Å². The summed E-state index contributed by atoms with van der Waals surface area (Å²) in [6, 6.07) is 0. The minimum atomic E-state index is -0.833. The maximum absolute atomic E-state index is 9.00. The molecule has 0 aliphatic carbocycles. The van der Waals surface area contributed by atoms with E-state index in [1.165, 1.54) is 64.2 Å². The summed E-state index contributed by atoms with van der Waals surface area (Å²) in [7, 11) is 6.00. The number of nitrogens with zero attached hydrogens (tertiary/aromatic N) is 1. The van der Waals surface area contributed by atoms with E-state index in [-0.39, 0.29) is 0 Å². The second-order valence-corrected chi connectivity index (χ2v) is 8.20. The fraction of sp³-hybridized carbons (Fsp3) is 0.969. The zero-order valence-corrected chi connectivity index (χ0v) is 29.4. The summed E-state index contributed by atoms with van der Waals surface area (Å²) in [5.41, 5.74) is 5.03. The topological polar surface area (TPSA) is 86.8 Å². The maximum atomic E-state index is 9.00. The number of unbranched alkanes of at least 4 members (excludes halogenated alkanes) is 8. The van der Waals surface area contributed by atoms with Crippen LogP contribution in [0.4, 0.5) is 0 Å². The third kappa shape index (κ3) is 450. The van der Waals surface area contributed by atoms with E-state index in [9.17, 15) is 0 Å². The average Bonchev–Trinajstić information content (AvgIpc) is 2.87. The molecular formula is C32H82N2O3. The summed E-state index contributed by atoms with van der Waals surface area (Å²) in [5, 5.41) is 15.5. The molecule has 0 unspecified atom stereocenters. The van der Waals surface area contributed by atoms with Crippen LogP contribution in [0, 0.1) is 0 Å². The van der Waals surface area contributed by atoms with Crippen LogP contribution in [0.1, 0.15) is 173 Å². The van der Waals surface area contributed by atoms with Crippen LogP contribution >= 0.6 is 0 Å². The maximum Gasteiger partial charge on any atom is 0.300 e. The summed E-state index contributed by atoms with van der Waals surface area (Å²) >= 11 is 0. The van der Waals surface area contributed by atoms with Gasteiger partial charge in [-0.3, -0.25) is 4.79 Å². The van der Waals surface area contributed by atoms with E-state index in [0.29, 0.717) is 6.61 Å². The van der Waals surface area contributed by atoms with Gasteiger partial charge in [-0.15, -0.1) is 0 Å². The Kier molecular flexibility index (Phi) is 165. The largest absolute Gasteiger partial charge is 0.481 e. The quantitative estimate of drug-likeness (QED) is 0.239. The van der Waals surface area contributed by atoms with Gasteiger partial charge in [0.05, 0.1) is 0 Å². The molecule has 0 fully saturated rings. The van der Waals surface area contributed by atoms with Gasteiger partial charge in [-0.2, -0.15) is 0 Å². The first-order valence-corrected chi connectivity index (χ1v) is 15.7. The zero-order chi connectivity index (χ0) is 31.8. The van der Waals surface area contributed by atoms with Crippen LogP contribution in [-0.2, 0) is 4.79 Å². The molecule has 37 heavy (non-hydrogen) atoms. The highest BCUT2D eigenvalue weighted by Gasteiger charge is 1.80. The van der Waals surface area contributed by atoms with Crippen molar-refractivity contribution in [1.29, 1.82) is 0 Å². The van der Waals surface area contributed by atoms with Crippen molar-refractivity contribution in [1.82, 2.24) is 4.90 Å². The molecule has 238 valence electrons. The van der Waals surface area contributed by atoms with Crippen LogP contribution in [0.25, 0.3) is 0 Å². The van der Waals surface area contributed by atoms with E-state index < -0.39 is 5.97 Å². The monoisotopic (exact) mass is 543 g/mol. The molecule has 0 saturated heterocycles. The highest BCUT2D eigenvalue weighted by atomic mass is 16.4. The highest BCUT2D eigenvalue weighted by molar-refractivity contribution is 5.62. The molecule has 0 radical (unpaired) electrons. The highest BCUT2D eigenvalue weighted by Crippen LogP contribution is 2.00. The molecule has 0 aliphatic heterocycles. The molecule has 0 rings (SSSR count). The second kappa shape index (κ2) is 101. The normalized spacial score (nSPS) is 7.65. The minimum absolute atomic E-state index is 0.344. The number of nitrogens with two attached hydrogens (primary N) is 1. The first kappa shape index (κ1) is 60.7. The van der Waals surface area contributed by atoms with Gasteiger partial charge in [0.25, 0.3) is 5.97 Å². The zero-order valence-electron chi connectivity index (χ0n) is 29.4. The van der Waals surface area contributed by atoms with Gasteiger partial charge in [-0.1, -0.05) is 154 Å². The summed E-state index contributed by atoms with van der Waals surface area (Å²) in [6.07, 6.45) is 16.9. The lowest BCUT2D eigenvalue weighted by Gasteiger charge is -1.90. The van der Waals surface area contributed by atoms with Crippen molar-refractivity contribution in [2.75, 3.05) is 34.3 Å². The van der Waals surface area contributed by atoms with Crippen LogP contribution in [0.2, 0.25) is 0 Å². The van der Waals surface area contributed by atoms with Crippen LogP contribution in [-0.4, -0.2) is 55.4 Å². The lowest BCUT2D eigenvalue weighted by Crippen LogP contribution is -1.99. The summed E-state index contributed by atoms with van der Waals surface area (Å²) in [5.74, 6) is -0.833. The number of hydrogen-bond donors (Lipinski definition) is 3. The Morgan fingerprint density at radius 2 is 0.757 bits per heavy atom. The van der Waals surface area contributed by atoms with Crippen molar-refractivity contribution in [3.8, 4) is 0 Å². The molecule has 0 heterocycles. The van der Waals surface area contributed by atoms with E-state index in [0.717, 1.165) is 32.7 Å². The third-order valence-corrected chi connectivity index (χ3v) is 2.96. The molecule has 0 aromatic carbocycles. The molecular weight excluding hydrogens is 460 g/mol. The van der Waals surface area contributed by atoms with Crippen molar-refractivity contribution in [3.63, 3.8) is 0 Å². The number of aliphatic hydroxyl groups excluding tert-OH is 1. The van der Waals surface area contributed by atoms with Crippen molar-refractivity contribution in [2.45, 2.75) is 173 Å². The predicted molar refractivity (Wildman–Crippen MR) is 177 cm³/mol. The number of hydrogen-bond acceptors (Lipinski definition) is 4. The Labute approximate surface area is 239 Å². The average molecular weight is 543 g/mol. The Hall–Kier alpha value is -0.650. The SMILES string of the molecule is CC.CC.CC(=O)O.CCC.CCCCCC.CCCCCCC.CCCCO.CCCN.CN(C)C. The fourth-order valence-electron chi connectivity index (χ4n) is 1.33. The van der Waals surface area contributed by atoms with Crippen molar-refractivity contribution in [3.05, 3.63) is 0 Å². The van der Waals surface area contributed by atoms with Gasteiger partial charge in [-0.05, 0) is 40.5 Å². The van der Waals surface area contributed by atoms with Crippen LogP contribution in [0.3, 0.4) is 0 Å². The van der Waals surface area contributed by atoms with Crippen LogP contribution in [0.5, 0.6) is 0 Å². The van der Waals surface area contributed by atoms with E-state index in [1.54, 1.807) is 0 Å².